The molecule has 1 fully saturated rings. The second-order valence-corrected chi connectivity index (χ2v) is 9.51. The van der Waals surface area contributed by atoms with Gasteiger partial charge in [-0.05, 0) is 31.5 Å². The topological polar surface area (TPSA) is 72.5 Å². The minimum atomic E-state index is -2.99. The van der Waals surface area contributed by atoms with Crippen molar-refractivity contribution in [2.75, 3.05) is 18.6 Å². The number of thioether (sulfide) groups is 1. The molecular weight excluding hydrogens is 358 g/mol. The predicted molar refractivity (Wildman–Crippen MR) is 94.0 cm³/mol. The smallest absolute Gasteiger partial charge is 0.233 e. The second kappa shape index (κ2) is 7.77. The van der Waals surface area contributed by atoms with Crippen LogP contribution in [0.3, 0.4) is 0 Å². The summed E-state index contributed by atoms with van der Waals surface area (Å²) in [5.74, 6) is 1.37. The van der Waals surface area contributed by atoms with Crippen LogP contribution in [0.25, 0.3) is 0 Å². The van der Waals surface area contributed by atoms with E-state index in [1.807, 2.05) is 6.07 Å². The van der Waals surface area contributed by atoms with Gasteiger partial charge < -0.3 is 10.1 Å². The first-order chi connectivity index (χ1) is 10.8. The van der Waals surface area contributed by atoms with Crippen molar-refractivity contribution >= 4 is 39.1 Å². The van der Waals surface area contributed by atoms with Crippen molar-refractivity contribution in [3.8, 4) is 5.75 Å². The molecule has 0 spiro atoms. The standard InChI is InChI=1S/C15H20ClNO4S2/c1-10(15(18)17-13-5-6-23(19,20)9-13)22-8-11-7-12(16)3-4-14(11)21-2/h3-4,7,10,13H,5-6,8-9H2,1-2H3,(H,17,18)/t10-,13+/m0/s1. The van der Waals surface area contributed by atoms with Crippen LogP contribution in [0.2, 0.25) is 5.02 Å². The summed E-state index contributed by atoms with van der Waals surface area (Å²) in [6.45, 7) is 1.81. The van der Waals surface area contributed by atoms with Crippen LogP contribution in [0.4, 0.5) is 0 Å². The maximum absolute atomic E-state index is 12.2. The third kappa shape index (κ3) is 5.29. The van der Waals surface area contributed by atoms with Crippen LogP contribution in [0.1, 0.15) is 18.9 Å². The normalized spacial score (nSPS) is 20.9. The lowest BCUT2D eigenvalue weighted by molar-refractivity contribution is -0.120. The molecule has 2 rings (SSSR count). The van der Waals surface area contributed by atoms with E-state index in [2.05, 4.69) is 5.32 Å². The first-order valence-electron chi connectivity index (χ1n) is 7.25. The van der Waals surface area contributed by atoms with E-state index in [0.29, 0.717) is 17.2 Å². The van der Waals surface area contributed by atoms with Crippen molar-refractivity contribution in [1.29, 1.82) is 0 Å². The number of nitrogens with one attached hydrogen (secondary N) is 1. The van der Waals surface area contributed by atoms with Gasteiger partial charge in [0.1, 0.15) is 5.75 Å². The van der Waals surface area contributed by atoms with Crippen LogP contribution >= 0.6 is 23.4 Å². The summed E-state index contributed by atoms with van der Waals surface area (Å²) in [6, 6.07) is 5.11. The Bertz CT molecular complexity index is 678. The lowest BCUT2D eigenvalue weighted by Crippen LogP contribution is -2.40. The summed E-state index contributed by atoms with van der Waals surface area (Å²) in [4.78, 5) is 12.2. The number of ether oxygens (including phenoxy) is 1. The molecular formula is C15H20ClNO4S2. The van der Waals surface area contributed by atoms with Gasteiger partial charge in [0.05, 0.1) is 23.9 Å². The number of hydrogen-bond acceptors (Lipinski definition) is 5. The molecule has 0 unspecified atom stereocenters. The molecule has 1 N–H and O–H groups in total. The van der Waals surface area contributed by atoms with Crippen molar-refractivity contribution < 1.29 is 17.9 Å². The number of carbonyl (C=O) groups is 1. The Morgan fingerprint density at radius 3 is 2.87 bits per heavy atom. The minimum absolute atomic E-state index is 0.0399. The first-order valence-corrected chi connectivity index (χ1v) is 10.5. The second-order valence-electron chi connectivity index (χ2n) is 5.52. The number of methoxy groups -OCH3 is 1. The lowest BCUT2D eigenvalue weighted by Gasteiger charge is -2.16. The number of carbonyl (C=O) groups excluding carboxylic acids is 1. The van der Waals surface area contributed by atoms with Gasteiger partial charge in [-0.1, -0.05) is 11.6 Å². The van der Waals surface area contributed by atoms with Gasteiger partial charge in [0.25, 0.3) is 0 Å². The molecule has 23 heavy (non-hydrogen) atoms. The highest BCUT2D eigenvalue weighted by atomic mass is 35.5. The Morgan fingerprint density at radius 2 is 2.26 bits per heavy atom. The van der Waals surface area contributed by atoms with Crippen LogP contribution in [-0.2, 0) is 20.4 Å². The Hall–Kier alpha value is -0.920. The van der Waals surface area contributed by atoms with Crippen molar-refractivity contribution in [3.05, 3.63) is 28.8 Å². The number of sulfone groups is 1. The first kappa shape index (κ1) is 18.4. The van der Waals surface area contributed by atoms with E-state index in [9.17, 15) is 13.2 Å². The molecule has 1 amide bonds. The highest BCUT2D eigenvalue weighted by Gasteiger charge is 2.30. The highest BCUT2D eigenvalue weighted by Crippen LogP contribution is 2.28. The van der Waals surface area contributed by atoms with Gasteiger partial charge >= 0.3 is 0 Å². The Morgan fingerprint density at radius 1 is 1.52 bits per heavy atom. The molecule has 1 aliphatic heterocycles. The monoisotopic (exact) mass is 377 g/mol. The van der Waals surface area contributed by atoms with Crippen molar-refractivity contribution in [1.82, 2.24) is 5.32 Å². The zero-order valence-corrected chi connectivity index (χ0v) is 15.4. The average Bonchev–Trinajstić information content (AvgIpc) is 2.83. The molecule has 0 saturated carbocycles. The summed E-state index contributed by atoms with van der Waals surface area (Å²) >= 11 is 7.45. The number of hydrogen-bond donors (Lipinski definition) is 1. The number of amides is 1. The van der Waals surface area contributed by atoms with Crippen molar-refractivity contribution in [2.45, 2.75) is 30.4 Å². The average molecular weight is 378 g/mol. The van der Waals surface area contributed by atoms with E-state index in [4.69, 9.17) is 16.3 Å². The minimum Gasteiger partial charge on any atom is -0.496 e. The van der Waals surface area contributed by atoms with Crippen LogP contribution < -0.4 is 10.1 Å². The van der Waals surface area contributed by atoms with Gasteiger partial charge in [0.2, 0.25) is 5.91 Å². The number of benzene rings is 1. The molecule has 0 bridgehead atoms. The molecule has 1 aliphatic rings. The Labute approximate surface area is 146 Å². The fraction of sp³-hybridized carbons (Fsp3) is 0.533. The Balaban J connectivity index is 1.88. The third-order valence-electron chi connectivity index (χ3n) is 3.68. The molecule has 128 valence electrons. The van der Waals surface area contributed by atoms with Gasteiger partial charge in [-0.25, -0.2) is 8.42 Å². The van der Waals surface area contributed by atoms with Crippen LogP contribution in [0.5, 0.6) is 5.75 Å². The van der Waals surface area contributed by atoms with Gasteiger partial charge in [0, 0.05) is 22.4 Å². The van der Waals surface area contributed by atoms with Crippen molar-refractivity contribution in [2.24, 2.45) is 0 Å². The van der Waals surface area contributed by atoms with Crippen LogP contribution in [0, 0.1) is 0 Å². The lowest BCUT2D eigenvalue weighted by atomic mass is 10.2. The molecule has 0 aliphatic carbocycles. The molecule has 8 heteroatoms. The summed E-state index contributed by atoms with van der Waals surface area (Å²) in [7, 11) is -1.40. The molecule has 0 radical (unpaired) electrons. The number of rotatable bonds is 6. The van der Waals surface area contributed by atoms with Gasteiger partial charge in [-0.15, -0.1) is 11.8 Å². The highest BCUT2D eigenvalue weighted by molar-refractivity contribution is 7.99. The third-order valence-corrected chi connectivity index (χ3v) is 6.87. The van der Waals surface area contributed by atoms with E-state index in [-0.39, 0.29) is 28.7 Å². The molecule has 1 aromatic rings. The van der Waals surface area contributed by atoms with E-state index in [0.717, 1.165) is 11.3 Å². The predicted octanol–water partition coefficient (Wildman–Crippen LogP) is 2.27. The van der Waals surface area contributed by atoms with Crippen molar-refractivity contribution in [3.63, 3.8) is 0 Å². The summed E-state index contributed by atoms with van der Waals surface area (Å²) < 4.78 is 28.1. The molecule has 0 aromatic heterocycles. The van der Waals surface area contributed by atoms with Gasteiger partial charge in [0.15, 0.2) is 9.84 Å². The summed E-state index contributed by atoms with van der Waals surface area (Å²) in [5, 5.41) is 3.14. The molecule has 2 atom stereocenters. The van der Waals surface area contributed by atoms with Crippen LogP contribution in [-0.4, -0.2) is 44.2 Å². The Kier molecular flexibility index (Phi) is 6.22. The SMILES string of the molecule is COc1ccc(Cl)cc1CS[C@@H](C)C(=O)N[C@@H]1CCS(=O)(=O)C1. The number of halogens is 1. The quantitative estimate of drug-likeness (QED) is 0.823. The van der Waals surface area contributed by atoms with Crippen LogP contribution in [0.15, 0.2) is 18.2 Å². The summed E-state index contributed by atoms with van der Waals surface area (Å²) in [6.07, 6.45) is 0.494. The van der Waals surface area contributed by atoms with Gasteiger partial charge in [-0.2, -0.15) is 0 Å². The fourth-order valence-corrected chi connectivity index (χ4v) is 5.12. The van der Waals surface area contributed by atoms with E-state index in [1.165, 1.54) is 11.8 Å². The van der Waals surface area contributed by atoms with E-state index >= 15 is 0 Å². The fourth-order valence-electron chi connectivity index (χ4n) is 2.38. The summed E-state index contributed by atoms with van der Waals surface area (Å²) in [5.41, 5.74) is 0.924. The maximum Gasteiger partial charge on any atom is 0.233 e. The van der Waals surface area contributed by atoms with Gasteiger partial charge in [-0.3, -0.25) is 4.79 Å². The molecule has 1 saturated heterocycles. The largest absolute Gasteiger partial charge is 0.496 e. The van der Waals surface area contributed by atoms with E-state index < -0.39 is 9.84 Å². The molecule has 1 aromatic carbocycles. The zero-order valence-electron chi connectivity index (χ0n) is 13.0. The molecule has 5 nitrogen and oxygen atoms in total. The molecule has 1 heterocycles. The maximum atomic E-state index is 12.2. The zero-order chi connectivity index (χ0) is 17.0. The van der Waals surface area contributed by atoms with E-state index in [1.54, 1.807) is 26.2 Å².